The van der Waals surface area contributed by atoms with Crippen molar-refractivity contribution in [3.05, 3.63) is 14.7 Å². The molecule has 1 aromatic heterocycles. The number of halogens is 2. The van der Waals surface area contributed by atoms with E-state index in [4.69, 9.17) is 10.5 Å². The zero-order chi connectivity index (χ0) is 12.1. The van der Waals surface area contributed by atoms with Crippen LogP contribution >= 0.6 is 39.7 Å². The van der Waals surface area contributed by atoms with Gasteiger partial charge in [0.25, 0.3) is 5.91 Å². The lowest BCUT2D eigenvalue weighted by molar-refractivity contribution is 0.0956. The summed E-state index contributed by atoms with van der Waals surface area (Å²) in [6.07, 6.45) is 0.773. The first kappa shape index (κ1) is 16.7. The predicted octanol–water partition coefficient (Wildman–Crippen LogP) is 2.41. The summed E-state index contributed by atoms with van der Waals surface area (Å²) < 4.78 is 5.91. The second kappa shape index (κ2) is 7.92. The van der Waals surface area contributed by atoms with Crippen molar-refractivity contribution in [2.45, 2.75) is 19.4 Å². The van der Waals surface area contributed by atoms with E-state index in [-0.39, 0.29) is 24.4 Å². The SMILES string of the molecule is COc1cc(C(=O)NCCC(C)N)sc1Br.Cl. The van der Waals surface area contributed by atoms with E-state index in [1.54, 1.807) is 13.2 Å². The van der Waals surface area contributed by atoms with Gasteiger partial charge in [0.1, 0.15) is 9.54 Å². The third kappa shape index (κ3) is 5.25. The summed E-state index contributed by atoms with van der Waals surface area (Å²) in [4.78, 5) is 12.3. The lowest BCUT2D eigenvalue weighted by atomic mass is 10.2. The fraction of sp³-hybridized carbons (Fsp3) is 0.500. The molecule has 1 heterocycles. The van der Waals surface area contributed by atoms with Gasteiger partial charge in [0, 0.05) is 18.7 Å². The van der Waals surface area contributed by atoms with Crippen molar-refractivity contribution in [3.63, 3.8) is 0 Å². The molecular formula is C10H16BrClN2O2S. The van der Waals surface area contributed by atoms with Crippen LogP contribution in [0.5, 0.6) is 5.75 Å². The minimum Gasteiger partial charge on any atom is -0.495 e. The molecule has 0 fully saturated rings. The molecule has 0 aliphatic heterocycles. The van der Waals surface area contributed by atoms with Gasteiger partial charge in [0.15, 0.2) is 0 Å². The first-order chi connectivity index (χ1) is 7.54. The Morgan fingerprint density at radius 2 is 2.35 bits per heavy atom. The molecule has 0 aliphatic carbocycles. The van der Waals surface area contributed by atoms with E-state index >= 15 is 0 Å². The van der Waals surface area contributed by atoms with Crippen molar-refractivity contribution in [2.75, 3.05) is 13.7 Å². The first-order valence-corrected chi connectivity index (χ1v) is 6.52. The number of amides is 1. The third-order valence-corrected chi connectivity index (χ3v) is 3.76. The lowest BCUT2D eigenvalue weighted by Gasteiger charge is -2.05. The number of nitrogens with two attached hydrogens (primary N) is 1. The molecule has 0 spiro atoms. The quantitative estimate of drug-likeness (QED) is 0.863. The van der Waals surface area contributed by atoms with Crippen LogP contribution in [0, 0.1) is 0 Å². The summed E-state index contributed by atoms with van der Waals surface area (Å²) in [7, 11) is 1.57. The summed E-state index contributed by atoms with van der Waals surface area (Å²) in [5.74, 6) is 0.594. The highest BCUT2D eigenvalue weighted by Gasteiger charge is 2.13. The van der Waals surface area contributed by atoms with Crippen molar-refractivity contribution < 1.29 is 9.53 Å². The van der Waals surface area contributed by atoms with Crippen LogP contribution in [0.1, 0.15) is 23.0 Å². The van der Waals surface area contributed by atoms with Gasteiger partial charge in [-0.1, -0.05) is 0 Å². The standard InChI is InChI=1S/C10H15BrN2O2S.ClH/c1-6(12)3-4-13-10(14)8-5-7(15-2)9(11)16-8;/h5-6H,3-4,12H2,1-2H3,(H,13,14);1H. The van der Waals surface area contributed by atoms with Crippen LogP contribution < -0.4 is 15.8 Å². The zero-order valence-electron chi connectivity index (χ0n) is 9.66. The van der Waals surface area contributed by atoms with Crippen molar-refractivity contribution >= 4 is 45.6 Å². The highest BCUT2D eigenvalue weighted by molar-refractivity contribution is 9.11. The molecule has 0 saturated carbocycles. The molecule has 98 valence electrons. The number of nitrogens with one attached hydrogen (secondary N) is 1. The smallest absolute Gasteiger partial charge is 0.261 e. The largest absolute Gasteiger partial charge is 0.495 e. The van der Waals surface area contributed by atoms with Crippen LogP contribution in [0.4, 0.5) is 0 Å². The van der Waals surface area contributed by atoms with E-state index in [2.05, 4.69) is 21.2 Å². The third-order valence-electron chi connectivity index (χ3n) is 1.98. The maximum atomic E-state index is 11.7. The number of hydrogen-bond acceptors (Lipinski definition) is 4. The number of carbonyl (C=O) groups excluding carboxylic acids is 1. The highest BCUT2D eigenvalue weighted by Crippen LogP contribution is 2.34. The van der Waals surface area contributed by atoms with Gasteiger partial charge in [-0.25, -0.2) is 0 Å². The van der Waals surface area contributed by atoms with E-state index in [1.165, 1.54) is 11.3 Å². The summed E-state index contributed by atoms with van der Waals surface area (Å²) in [5.41, 5.74) is 5.59. The van der Waals surface area contributed by atoms with Gasteiger partial charge < -0.3 is 15.8 Å². The molecule has 0 aromatic carbocycles. The van der Waals surface area contributed by atoms with Crippen LogP contribution in [-0.2, 0) is 0 Å². The van der Waals surface area contributed by atoms with Crippen molar-refractivity contribution in [1.29, 1.82) is 0 Å². The zero-order valence-corrected chi connectivity index (χ0v) is 12.9. The van der Waals surface area contributed by atoms with Crippen molar-refractivity contribution in [1.82, 2.24) is 5.32 Å². The van der Waals surface area contributed by atoms with Crippen molar-refractivity contribution in [3.8, 4) is 5.75 Å². The molecule has 1 atom stereocenters. The summed E-state index contributed by atoms with van der Waals surface area (Å²) >= 11 is 4.68. The van der Waals surface area contributed by atoms with E-state index in [0.29, 0.717) is 17.2 Å². The van der Waals surface area contributed by atoms with Gasteiger partial charge >= 0.3 is 0 Å². The van der Waals surface area contributed by atoms with Gasteiger partial charge in [0.2, 0.25) is 0 Å². The van der Waals surface area contributed by atoms with Crippen molar-refractivity contribution in [2.24, 2.45) is 5.73 Å². The number of hydrogen-bond donors (Lipinski definition) is 2. The average Bonchev–Trinajstić information content (AvgIpc) is 2.59. The molecule has 1 aromatic rings. The topological polar surface area (TPSA) is 64.3 Å². The lowest BCUT2D eigenvalue weighted by Crippen LogP contribution is -2.28. The second-order valence-electron chi connectivity index (χ2n) is 3.47. The van der Waals surface area contributed by atoms with Crippen LogP contribution in [0.25, 0.3) is 0 Å². The second-order valence-corrected chi connectivity index (χ2v) is 5.84. The molecule has 1 amide bonds. The molecule has 0 aliphatic rings. The number of rotatable bonds is 5. The maximum Gasteiger partial charge on any atom is 0.261 e. The van der Waals surface area contributed by atoms with Gasteiger partial charge in [-0.05, 0) is 29.3 Å². The molecule has 4 nitrogen and oxygen atoms in total. The fourth-order valence-electron chi connectivity index (χ4n) is 1.10. The number of ether oxygens (including phenoxy) is 1. The molecular weight excluding hydrogens is 328 g/mol. The number of carbonyl (C=O) groups is 1. The number of thiophene rings is 1. The van der Waals surface area contributed by atoms with E-state index in [9.17, 15) is 4.79 Å². The van der Waals surface area contributed by atoms with Crippen LogP contribution in [0.3, 0.4) is 0 Å². The highest BCUT2D eigenvalue weighted by atomic mass is 79.9. The molecule has 1 rings (SSSR count). The maximum absolute atomic E-state index is 11.7. The Balaban J connectivity index is 0.00000256. The van der Waals surface area contributed by atoms with Gasteiger partial charge in [-0.2, -0.15) is 0 Å². The Morgan fingerprint density at radius 1 is 1.71 bits per heavy atom. The molecule has 1 unspecified atom stereocenters. The molecule has 7 heteroatoms. The predicted molar refractivity (Wildman–Crippen MR) is 76.4 cm³/mol. The normalized spacial score (nSPS) is 11.5. The fourth-order valence-corrected chi connectivity index (χ4v) is 2.67. The van der Waals surface area contributed by atoms with Gasteiger partial charge in [0.05, 0.1) is 12.0 Å². The Morgan fingerprint density at radius 3 is 2.82 bits per heavy atom. The van der Waals surface area contributed by atoms with Crippen LogP contribution in [0.2, 0.25) is 0 Å². The average molecular weight is 344 g/mol. The Bertz CT molecular complexity index is 371. The minimum absolute atomic E-state index is 0. The Labute approximate surface area is 119 Å². The number of methoxy groups -OCH3 is 1. The van der Waals surface area contributed by atoms with E-state index in [0.717, 1.165) is 10.2 Å². The summed E-state index contributed by atoms with van der Waals surface area (Å²) in [5, 5.41) is 2.81. The molecule has 0 saturated heterocycles. The van der Waals surface area contributed by atoms with Crippen LogP contribution in [-0.4, -0.2) is 25.6 Å². The van der Waals surface area contributed by atoms with Gasteiger partial charge in [-0.3, -0.25) is 4.79 Å². The summed E-state index contributed by atoms with van der Waals surface area (Å²) in [6, 6.07) is 1.82. The Kier molecular flexibility index (Phi) is 7.78. The molecule has 0 bridgehead atoms. The Hall–Kier alpha value is -0.300. The molecule has 3 N–H and O–H groups in total. The van der Waals surface area contributed by atoms with E-state index in [1.807, 2.05) is 6.92 Å². The summed E-state index contributed by atoms with van der Waals surface area (Å²) in [6.45, 7) is 2.51. The first-order valence-electron chi connectivity index (χ1n) is 4.91. The van der Waals surface area contributed by atoms with Gasteiger partial charge in [-0.15, -0.1) is 23.7 Å². The van der Waals surface area contributed by atoms with Crippen LogP contribution in [0.15, 0.2) is 9.85 Å². The molecule has 17 heavy (non-hydrogen) atoms. The molecule has 0 radical (unpaired) electrons. The minimum atomic E-state index is -0.0883. The monoisotopic (exact) mass is 342 g/mol. The van der Waals surface area contributed by atoms with E-state index < -0.39 is 0 Å².